The maximum absolute atomic E-state index is 13.4. The predicted molar refractivity (Wildman–Crippen MR) is 76.9 cm³/mol. The molecule has 2 nitrogen and oxygen atoms in total. The van der Waals surface area contributed by atoms with E-state index in [0.29, 0.717) is 5.69 Å². The SMILES string of the molecule is Cc1cccc(NC(=O)CSc2cc(F)ccc2F)c1. The van der Waals surface area contributed by atoms with Gasteiger partial charge in [0, 0.05) is 10.6 Å². The number of carbonyl (C=O) groups excluding carboxylic acids is 1. The van der Waals surface area contributed by atoms with Crippen molar-refractivity contribution >= 4 is 23.4 Å². The summed E-state index contributed by atoms with van der Waals surface area (Å²) < 4.78 is 26.4. The molecule has 0 aliphatic carbocycles. The van der Waals surface area contributed by atoms with Crippen LogP contribution >= 0.6 is 11.8 Å². The van der Waals surface area contributed by atoms with Crippen molar-refractivity contribution in [2.45, 2.75) is 11.8 Å². The van der Waals surface area contributed by atoms with Crippen LogP contribution in [0.2, 0.25) is 0 Å². The van der Waals surface area contributed by atoms with Gasteiger partial charge in [-0.1, -0.05) is 12.1 Å². The van der Waals surface area contributed by atoms with Crippen LogP contribution in [-0.2, 0) is 4.79 Å². The highest BCUT2D eigenvalue weighted by Crippen LogP contribution is 2.22. The molecule has 0 aromatic heterocycles. The fraction of sp³-hybridized carbons (Fsp3) is 0.133. The van der Waals surface area contributed by atoms with E-state index in [-0.39, 0.29) is 16.6 Å². The van der Waals surface area contributed by atoms with Gasteiger partial charge in [-0.2, -0.15) is 0 Å². The second-order valence-electron chi connectivity index (χ2n) is 4.28. The number of nitrogens with one attached hydrogen (secondary N) is 1. The molecule has 5 heteroatoms. The van der Waals surface area contributed by atoms with Crippen molar-refractivity contribution < 1.29 is 13.6 Å². The van der Waals surface area contributed by atoms with E-state index in [1.807, 2.05) is 25.1 Å². The molecule has 0 spiro atoms. The van der Waals surface area contributed by atoms with E-state index in [0.717, 1.165) is 35.5 Å². The topological polar surface area (TPSA) is 29.1 Å². The first-order chi connectivity index (χ1) is 9.54. The number of aryl methyl sites for hydroxylation is 1. The van der Waals surface area contributed by atoms with E-state index in [9.17, 15) is 13.6 Å². The summed E-state index contributed by atoms with van der Waals surface area (Å²) in [7, 11) is 0. The third kappa shape index (κ3) is 4.06. The van der Waals surface area contributed by atoms with Crippen LogP contribution < -0.4 is 5.32 Å². The van der Waals surface area contributed by atoms with Crippen LogP contribution in [0.4, 0.5) is 14.5 Å². The fourth-order valence-electron chi connectivity index (χ4n) is 1.65. The molecule has 1 N–H and O–H groups in total. The third-order valence-corrected chi connectivity index (χ3v) is 3.58. The first-order valence-corrected chi connectivity index (χ1v) is 6.97. The van der Waals surface area contributed by atoms with Gasteiger partial charge in [-0.25, -0.2) is 8.78 Å². The molecular formula is C15H13F2NOS. The van der Waals surface area contributed by atoms with Crippen molar-refractivity contribution in [3.8, 4) is 0 Å². The van der Waals surface area contributed by atoms with E-state index in [1.54, 1.807) is 6.07 Å². The molecular weight excluding hydrogens is 280 g/mol. The van der Waals surface area contributed by atoms with Crippen LogP contribution in [0.15, 0.2) is 47.4 Å². The van der Waals surface area contributed by atoms with E-state index in [4.69, 9.17) is 0 Å². The Labute approximate surface area is 120 Å². The summed E-state index contributed by atoms with van der Waals surface area (Å²) >= 11 is 0.966. The number of carbonyl (C=O) groups is 1. The molecule has 2 rings (SSSR count). The molecule has 0 aliphatic heterocycles. The molecule has 104 valence electrons. The molecule has 2 aromatic rings. The van der Waals surface area contributed by atoms with Crippen LogP contribution in [0.5, 0.6) is 0 Å². The average molecular weight is 293 g/mol. The molecule has 0 fully saturated rings. The van der Waals surface area contributed by atoms with Gasteiger partial charge in [-0.3, -0.25) is 4.79 Å². The van der Waals surface area contributed by atoms with E-state index >= 15 is 0 Å². The first kappa shape index (κ1) is 14.5. The Morgan fingerprint density at radius 2 is 2.00 bits per heavy atom. The van der Waals surface area contributed by atoms with Gasteiger partial charge < -0.3 is 5.32 Å². The third-order valence-electron chi connectivity index (χ3n) is 2.55. The average Bonchev–Trinajstić information content (AvgIpc) is 2.40. The van der Waals surface area contributed by atoms with Gasteiger partial charge in [0.2, 0.25) is 5.91 Å². The number of hydrogen-bond donors (Lipinski definition) is 1. The quantitative estimate of drug-likeness (QED) is 0.863. The first-order valence-electron chi connectivity index (χ1n) is 5.99. The Balaban J connectivity index is 1.94. The molecule has 20 heavy (non-hydrogen) atoms. The number of anilines is 1. The minimum absolute atomic E-state index is 0.0221. The number of benzene rings is 2. The van der Waals surface area contributed by atoms with Crippen LogP contribution in [0.1, 0.15) is 5.56 Å². The maximum Gasteiger partial charge on any atom is 0.234 e. The van der Waals surface area contributed by atoms with Gasteiger partial charge in [0.1, 0.15) is 11.6 Å². The lowest BCUT2D eigenvalue weighted by Gasteiger charge is -2.06. The summed E-state index contributed by atoms with van der Waals surface area (Å²) in [6.45, 7) is 1.92. The maximum atomic E-state index is 13.4. The Morgan fingerprint density at radius 1 is 1.20 bits per heavy atom. The number of amides is 1. The van der Waals surface area contributed by atoms with Crippen LogP contribution in [0, 0.1) is 18.6 Å². The number of rotatable bonds is 4. The van der Waals surface area contributed by atoms with Gasteiger partial charge >= 0.3 is 0 Å². The minimum Gasteiger partial charge on any atom is -0.325 e. The van der Waals surface area contributed by atoms with Crippen molar-refractivity contribution in [3.63, 3.8) is 0 Å². The Hall–Kier alpha value is -1.88. The zero-order chi connectivity index (χ0) is 14.5. The standard InChI is InChI=1S/C15H13F2NOS/c1-10-3-2-4-12(7-10)18-15(19)9-20-14-8-11(16)5-6-13(14)17/h2-8H,9H2,1H3,(H,18,19). The smallest absolute Gasteiger partial charge is 0.234 e. The van der Waals surface area contributed by atoms with Crippen molar-refractivity contribution in [3.05, 3.63) is 59.7 Å². The summed E-state index contributed by atoms with van der Waals surface area (Å²) in [6.07, 6.45) is 0. The van der Waals surface area contributed by atoms with Crippen LogP contribution in [0.3, 0.4) is 0 Å². The summed E-state index contributed by atoms with van der Waals surface area (Å²) in [5, 5.41) is 2.71. The molecule has 0 saturated heterocycles. The highest BCUT2D eigenvalue weighted by molar-refractivity contribution is 8.00. The lowest BCUT2D eigenvalue weighted by atomic mass is 10.2. The largest absolute Gasteiger partial charge is 0.325 e. The summed E-state index contributed by atoms with van der Waals surface area (Å²) in [5.41, 5.74) is 1.72. The molecule has 2 aromatic carbocycles. The predicted octanol–water partition coefficient (Wildman–Crippen LogP) is 4.00. The van der Waals surface area contributed by atoms with E-state index in [1.165, 1.54) is 0 Å². The summed E-state index contributed by atoms with van der Waals surface area (Å²) in [4.78, 5) is 11.9. The summed E-state index contributed by atoms with van der Waals surface area (Å²) in [6, 6.07) is 10.6. The monoisotopic (exact) mass is 293 g/mol. The van der Waals surface area contributed by atoms with Crippen molar-refractivity contribution in [2.75, 3.05) is 11.1 Å². The van der Waals surface area contributed by atoms with Gasteiger partial charge in [-0.05, 0) is 42.8 Å². The van der Waals surface area contributed by atoms with Crippen LogP contribution in [-0.4, -0.2) is 11.7 Å². The number of hydrogen-bond acceptors (Lipinski definition) is 2. The van der Waals surface area contributed by atoms with Gasteiger partial charge in [-0.15, -0.1) is 11.8 Å². The van der Waals surface area contributed by atoms with Crippen molar-refractivity contribution in [2.24, 2.45) is 0 Å². The highest BCUT2D eigenvalue weighted by Gasteiger charge is 2.08. The fourth-order valence-corrected chi connectivity index (χ4v) is 2.41. The van der Waals surface area contributed by atoms with E-state index < -0.39 is 11.6 Å². The lowest BCUT2D eigenvalue weighted by Crippen LogP contribution is -2.14. The Morgan fingerprint density at radius 3 is 2.75 bits per heavy atom. The minimum atomic E-state index is -0.528. The molecule has 0 heterocycles. The molecule has 0 unspecified atom stereocenters. The van der Waals surface area contributed by atoms with Gasteiger partial charge in [0.25, 0.3) is 0 Å². The zero-order valence-electron chi connectivity index (χ0n) is 10.8. The van der Waals surface area contributed by atoms with Crippen molar-refractivity contribution in [1.82, 2.24) is 0 Å². The summed E-state index contributed by atoms with van der Waals surface area (Å²) in [5.74, 6) is -1.29. The zero-order valence-corrected chi connectivity index (χ0v) is 11.6. The van der Waals surface area contributed by atoms with Gasteiger partial charge in [0.15, 0.2) is 0 Å². The number of thioether (sulfide) groups is 1. The van der Waals surface area contributed by atoms with Crippen molar-refractivity contribution in [1.29, 1.82) is 0 Å². The molecule has 0 bridgehead atoms. The van der Waals surface area contributed by atoms with E-state index in [2.05, 4.69) is 5.32 Å². The number of halogens is 2. The molecule has 0 atom stereocenters. The Kier molecular flexibility index (Phi) is 4.74. The highest BCUT2D eigenvalue weighted by atomic mass is 32.2. The van der Waals surface area contributed by atoms with Crippen LogP contribution in [0.25, 0.3) is 0 Å². The molecule has 0 aliphatic rings. The normalized spacial score (nSPS) is 10.3. The molecule has 0 saturated carbocycles. The molecule has 0 radical (unpaired) electrons. The molecule has 1 amide bonds. The lowest BCUT2D eigenvalue weighted by molar-refractivity contribution is -0.113. The second-order valence-corrected chi connectivity index (χ2v) is 5.30. The second kappa shape index (κ2) is 6.52. The van der Waals surface area contributed by atoms with Gasteiger partial charge in [0.05, 0.1) is 5.75 Å². The Bertz CT molecular complexity index is 631.